The summed E-state index contributed by atoms with van der Waals surface area (Å²) in [6.07, 6.45) is -6.60. The lowest BCUT2D eigenvalue weighted by Crippen LogP contribution is -2.43. The molecule has 1 fully saturated rings. The number of ketones is 2. The molecule has 1 saturated heterocycles. The zero-order valence-corrected chi connectivity index (χ0v) is 28.3. The molecule has 1 aliphatic rings. The summed E-state index contributed by atoms with van der Waals surface area (Å²) in [5.41, 5.74) is 0. The normalized spacial score (nSPS) is 29.8. The molecule has 0 amide bonds. The van der Waals surface area contributed by atoms with Gasteiger partial charge in [-0.15, -0.1) is 0 Å². The molecule has 2 unspecified atom stereocenters. The molecule has 1 rings (SSSR count). The van der Waals surface area contributed by atoms with Crippen molar-refractivity contribution in [2.45, 2.75) is 132 Å². The predicted molar refractivity (Wildman–Crippen MR) is 158 cm³/mol. The van der Waals surface area contributed by atoms with E-state index < -0.39 is 108 Å². The van der Waals surface area contributed by atoms with Crippen LogP contribution in [0.15, 0.2) is 0 Å². The number of hydrogen-bond donors (Lipinski definition) is 0. The third-order valence-corrected chi connectivity index (χ3v) is 7.69. The highest BCUT2D eigenvalue weighted by atomic mass is 16.6. The summed E-state index contributed by atoms with van der Waals surface area (Å²) in [5, 5.41) is 0. The summed E-state index contributed by atoms with van der Waals surface area (Å²) in [4.78, 5) is 101. The van der Waals surface area contributed by atoms with Crippen LogP contribution in [0.25, 0.3) is 0 Å². The largest absolute Gasteiger partial charge is 0.463 e. The Labute approximate surface area is 269 Å². The van der Waals surface area contributed by atoms with Gasteiger partial charge in [0.2, 0.25) is 0 Å². The van der Waals surface area contributed by atoms with Crippen molar-refractivity contribution < 1.29 is 66.8 Å². The zero-order valence-electron chi connectivity index (χ0n) is 28.3. The van der Waals surface area contributed by atoms with E-state index in [0.29, 0.717) is 0 Å². The molecule has 1 heterocycles. The van der Waals surface area contributed by atoms with Crippen molar-refractivity contribution in [3.8, 4) is 0 Å². The molecule has 14 heteroatoms. The van der Waals surface area contributed by atoms with Crippen molar-refractivity contribution in [3.05, 3.63) is 0 Å². The molecular formula is C32H48O14. The van der Waals surface area contributed by atoms with Crippen LogP contribution in [-0.4, -0.2) is 84.0 Å². The van der Waals surface area contributed by atoms with E-state index in [1.165, 1.54) is 41.5 Å². The summed E-state index contributed by atoms with van der Waals surface area (Å²) in [6.45, 7) is 13.3. The maximum atomic E-state index is 13.6. The van der Waals surface area contributed by atoms with Crippen LogP contribution in [0.2, 0.25) is 0 Å². The van der Waals surface area contributed by atoms with E-state index in [1.807, 2.05) is 0 Å². The Morgan fingerprint density at radius 3 is 1.17 bits per heavy atom. The standard InChI is InChI=1S/C32H48O14/c1-15(41-21(7)33)11-25-13-27(43-23(9)35)17(3)29(37)20(6)32(40)46-26(12-16(2)42-22(8)34)14-28(44-24(10)36)18(4)30(38)19(5)31(39)45-25/h15-20,25-28H,11-14H2,1-10H3/t15-,16-,17+,18+,19+,20+,25+,26?,27?,28+/m1/s1. The lowest BCUT2D eigenvalue weighted by atomic mass is 9.86. The summed E-state index contributed by atoms with van der Waals surface area (Å²) in [5.74, 6) is -10.7. The fraction of sp³-hybridized carbons (Fsp3) is 0.750. The average molecular weight is 657 g/mol. The second-order valence-electron chi connectivity index (χ2n) is 12.0. The van der Waals surface area contributed by atoms with Crippen molar-refractivity contribution in [2.24, 2.45) is 23.7 Å². The molecule has 0 aromatic carbocycles. The molecule has 0 N–H and O–H groups in total. The number of carbonyl (C=O) groups excluding carboxylic acids is 8. The van der Waals surface area contributed by atoms with Gasteiger partial charge in [-0.1, -0.05) is 13.8 Å². The summed E-state index contributed by atoms with van der Waals surface area (Å²) >= 11 is 0. The highest BCUT2D eigenvalue weighted by Gasteiger charge is 2.41. The van der Waals surface area contributed by atoms with Gasteiger partial charge in [0.15, 0.2) is 11.6 Å². The topological polar surface area (TPSA) is 192 Å². The van der Waals surface area contributed by atoms with Crippen LogP contribution in [0.1, 0.15) is 94.9 Å². The minimum absolute atomic E-state index is 0.0592. The Morgan fingerprint density at radius 2 is 0.913 bits per heavy atom. The van der Waals surface area contributed by atoms with Gasteiger partial charge < -0.3 is 28.4 Å². The van der Waals surface area contributed by atoms with E-state index in [1.54, 1.807) is 13.8 Å². The summed E-state index contributed by atoms with van der Waals surface area (Å²) in [7, 11) is 0. The lowest BCUT2D eigenvalue weighted by molar-refractivity contribution is -0.166. The smallest absolute Gasteiger partial charge is 0.316 e. The first-order chi connectivity index (χ1) is 21.2. The van der Waals surface area contributed by atoms with Gasteiger partial charge in [-0.3, -0.25) is 38.4 Å². The Balaban J connectivity index is 3.68. The van der Waals surface area contributed by atoms with Crippen molar-refractivity contribution >= 4 is 47.4 Å². The van der Waals surface area contributed by atoms with Gasteiger partial charge in [-0.25, -0.2) is 0 Å². The highest BCUT2D eigenvalue weighted by Crippen LogP contribution is 2.28. The van der Waals surface area contributed by atoms with Crippen molar-refractivity contribution in [1.82, 2.24) is 0 Å². The first kappa shape index (κ1) is 40.2. The zero-order chi connectivity index (χ0) is 35.5. The average Bonchev–Trinajstić information content (AvgIpc) is 2.91. The van der Waals surface area contributed by atoms with Gasteiger partial charge in [-0.2, -0.15) is 0 Å². The number of hydrogen-bond acceptors (Lipinski definition) is 14. The molecule has 260 valence electrons. The van der Waals surface area contributed by atoms with E-state index in [2.05, 4.69) is 0 Å². The van der Waals surface area contributed by atoms with Gasteiger partial charge in [0, 0.05) is 53.4 Å². The van der Waals surface area contributed by atoms with Crippen LogP contribution < -0.4 is 0 Å². The monoisotopic (exact) mass is 656 g/mol. The van der Waals surface area contributed by atoms with Crippen LogP contribution >= 0.6 is 0 Å². The molecule has 0 aromatic rings. The van der Waals surface area contributed by atoms with Crippen LogP contribution in [0, 0.1) is 23.7 Å². The molecule has 0 bridgehead atoms. The fourth-order valence-corrected chi connectivity index (χ4v) is 5.36. The molecule has 0 radical (unpaired) electrons. The maximum absolute atomic E-state index is 13.6. The minimum atomic E-state index is -1.36. The number of Topliss-reactive ketones (excluding diaryl/α,β-unsaturated/α-hetero) is 2. The molecule has 1 aliphatic heterocycles. The van der Waals surface area contributed by atoms with Gasteiger partial charge in [0.25, 0.3) is 0 Å². The number of carbonyl (C=O) groups is 8. The van der Waals surface area contributed by atoms with Crippen LogP contribution in [0.3, 0.4) is 0 Å². The quantitative estimate of drug-likeness (QED) is 0.210. The summed E-state index contributed by atoms with van der Waals surface area (Å²) < 4.78 is 32.7. The third kappa shape index (κ3) is 13.3. The van der Waals surface area contributed by atoms with E-state index in [0.717, 1.165) is 13.8 Å². The van der Waals surface area contributed by atoms with Crippen molar-refractivity contribution in [2.75, 3.05) is 0 Å². The predicted octanol–water partition coefficient (Wildman–Crippen LogP) is 2.83. The molecule has 0 saturated carbocycles. The number of cyclic esters (lactones) is 2. The van der Waals surface area contributed by atoms with E-state index in [4.69, 9.17) is 28.4 Å². The molecule has 14 nitrogen and oxygen atoms in total. The van der Waals surface area contributed by atoms with Crippen molar-refractivity contribution in [1.29, 1.82) is 0 Å². The Morgan fingerprint density at radius 1 is 0.609 bits per heavy atom. The second kappa shape index (κ2) is 18.3. The molecule has 46 heavy (non-hydrogen) atoms. The third-order valence-electron chi connectivity index (χ3n) is 7.69. The van der Waals surface area contributed by atoms with Crippen LogP contribution in [0.5, 0.6) is 0 Å². The molecule has 10 atom stereocenters. The second-order valence-corrected chi connectivity index (χ2v) is 12.0. The SMILES string of the molecule is CC(=O)OC1C[C@H](C[C@@H](C)OC(C)=O)OC(=O)[C@@H](C)C(=O)[C@@H](C)[C@@H](OC(C)=O)CC(C[C@@H](C)OC(C)=O)OC(=O)[C@@H](C)C(=O)[C@H]1C. The number of ether oxygens (including phenoxy) is 6. The van der Waals surface area contributed by atoms with E-state index in [9.17, 15) is 38.4 Å². The Hall–Kier alpha value is -3.84. The molecule has 0 spiro atoms. The number of esters is 6. The summed E-state index contributed by atoms with van der Waals surface area (Å²) in [6, 6.07) is 0. The van der Waals surface area contributed by atoms with Gasteiger partial charge in [-0.05, 0) is 27.7 Å². The van der Waals surface area contributed by atoms with Gasteiger partial charge in [0.05, 0.1) is 11.8 Å². The maximum Gasteiger partial charge on any atom is 0.316 e. The van der Waals surface area contributed by atoms with Crippen LogP contribution in [0.4, 0.5) is 0 Å². The van der Waals surface area contributed by atoms with E-state index in [-0.39, 0.29) is 25.7 Å². The van der Waals surface area contributed by atoms with Gasteiger partial charge in [0.1, 0.15) is 48.5 Å². The van der Waals surface area contributed by atoms with Crippen LogP contribution in [-0.2, 0) is 66.8 Å². The molecule has 0 aromatic heterocycles. The molecule has 0 aliphatic carbocycles. The van der Waals surface area contributed by atoms with Crippen molar-refractivity contribution in [3.63, 3.8) is 0 Å². The molecular weight excluding hydrogens is 608 g/mol. The Bertz CT molecular complexity index is 1060. The number of rotatable bonds is 8. The first-order valence-electron chi connectivity index (χ1n) is 15.4. The lowest BCUT2D eigenvalue weighted by Gasteiger charge is -2.32. The van der Waals surface area contributed by atoms with E-state index >= 15 is 0 Å². The minimum Gasteiger partial charge on any atom is -0.463 e. The van der Waals surface area contributed by atoms with Gasteiger partial charge >= 0.3 is 35.8 Å². The fourth-order valence-electron chi connectivity index (χ4n) is 5.36. The highest BCUT2D eigenvalue weighted by molar-refractivity contribution is 6.00. The Kier molecular flexibility index (Phi) is 16.0. The first-order valence-corrected chi connectivity index (χ1v) is 15.4.